The Morgan fingerprint density at radius 1 is 1.26 bits per heavy atom. The lowest BCUT2D eigenvalue weighted by Gasteiger charge is -2.20. The molecule has 1 fully saturated rings. The minimum Gasteiger partial charge on any atom is -0.294 e. The summed E-state index contributed by atoms with van der Waals surface area (Å²) in [6, 6.07) is 12.9. The molecule has 3 aromatic rings. The topological polar surface area (TPSA) is 79.9 Å². The summed E-state index contributed by atoms with van der Waals surface area (Å²) < 4.78 is 23.5. The molecule has 1 aliphatic heterocycles. The normalized spacial score (nSPS) is 21.6. The highest BCUT2D eigenvalue weighted by Gasteiger charge is 2.39. The first-order valence-electron chi connectivity index (χ1n) is 8.73. The van der Waals surface area contributed by atoms with Gasteiger partial charge in [0, 0.05) is 22.9 Å². The molecular weight excluding hydrogens is 384 g/mol. The fourth-order valence-corrected chi connectivity index (χ4v) is 6.24. The van der Waals surface area contributed by atoms with E-state index in [1.807, 2.05) is 37.3 Å². The van der Waals surface area contributed by atoms with Crippen LogP contribution in [0.2, 0.25) is 5.02 Å². The molecule has 7 heteroatoms. The van der Waals surface area contributed by atoms with Crippen molar-refractivity contribution in [1.82, 2.24) is 10.2 Å². The molecule has 4 rings (SSSR count). The van der Waals surface area contributed by atoms with Crippen molar-refractivity contribution in [3.8, 4) is 11.3 Å². The van der Waals surface area contributed by atoms with E-state index >= 15 is 0 Å². The summed E-state index contributed by atoms with van der Waals surface area (Å²) in [5, 5.41) is 8.83. The number of carbonyl (C=O) groups is 1. The Hall–Kier alpha value is -2.18. The van der Waals surface area contributed by atoms with Crippen LogP contribution in [0.25, 0.3) is 22.2 Å². The summed E-state index contributed by atoms with van der Waals surface area (Å²) >= 11 is 6.27. The van der Waals surface area contributed by atoms with Gasteiger partial charge in [0.05, 0.1) is 22.0 Å². The lowest BCUT2D eigenvalue weighted by molar-refractivity contribution is 0.0934. The third kappa shape index (κ3) is 3.51. The zero-order valence-electron chi connectivity index (χ0n) is 14.8. The molecule has 2 heterocycles. The molecule has 27 heavy (non-hydrogen) atoms. The Labute approximate surface area is 162 Å². The second kappa shape index (κ2) is 6.46. The fourth-order valence-electron chi connectivity index (χ4n) is 3.76. The maximum Gasteiger partial charge on any atom is 0.163 e. The molecule has 0 radical (unpaired) electrons. The molecule has 5 nitrogen and oxygen atoms in total. The van der Waals surface area contributed by atoms with Gasteiger partial charge in [-0.25, -0.2) is 8.42 Å². The summed E-state index contributed by atoms with van der Waals surface area (Å²) in [5.41, 5.74) is 2.39. The standard InChI is InChI=1S/C20H19ClN2O3S/c1-20(8-9-27(25,26)12-20)11-18(24)13-6-7-15-17(10-13)22-23-19(15)14-4-2-3-5-16(14)21/h2-7,10H,8-9,11-12H2,1H3,(H,22,23). The van der Waals surface area contributed by atoms with Gasteiger partial charge in [-0.2, -0.15) is 5.10 Å². The quantitative estimate of drug-likeness (QED) is 0.660. The summed E-state index contributed by atoms with van der Waals surface area (Å²) in [5.74, 6) is 0.192. The molecular formula is C20H19ClN2O3S. The molecule has 0 aliphatic carbocycles. The van der Waals surface area contributed by atoms with Gasteiger partial charge in [-0.15, -0.1) is 0 Å². The van der Waals surface area contributed by atoms with Gasteiger partial charge in [-0.3, -0.25) is 9.89 Å². The van der Waals surface area contributed by atoms with Crippen molar-refractivity contribution >= 4 is 38.1 Å². The van der Waals surface area contributed by atoms with E-state index in [1.54, 1.807) is 12.1 Å². The van der Waals surface area contributed by atoms with Crippen LogP contribution in [-0.4, -0.2) is 35.9 Å². The number of H-pyrrole nitrogens is 1. The Kier molecular flexibility index (Phi) is 4.35. The highest BCUT2D eigenvalue weighted by Crippen LogP contribution is 2.37. The van der Waals surface area contributed by atoms with Crippen LogP contribution in [-0.2, 0) is 9.84 Å². The van der Waals surface area contributed by atoms with E-state index in [9.17, 15) is 13.2 Å². The van der Waals surface area contributed by atoms with Crippen molar-refractivity contribution in [3.05, 3.63) is 53.1 Å². The molecule has 0 spiro atoms. The number of Topliss-reactive ketones (excluding diaryl/α,β-unsaturated/α-hetero) is 1. The first-order valence-corrected chi connectivity index (χ1v) is 10.9. The number of fused-ring (bicyclic) bond motifs is 1. The van der Waals surface area contributed by atoms with Crippen LogP contribution < -0.4 is 0 Å². The van der Waals surface area contributed by atoms with Crippen LogP contribution in [0.15, 0.2) is 42.5 Å². The second-order valence-corrected chi connectivity index (χ2v) is 10.2. The number of sulfone groups is 1. The molecule has 0 saturated carbocycles. The van der Waals surface area contributed by atoms with Gasteiger partial charge in [0.15, 0.2) is 15.6 Å². The SMILES string of the molecule is CC1(CC(=O)c2ccc3c(-c4ccccc4Cl)n[nH]c3c2)CCS(=O)(=O)C1. The van der Waals surface area contributed by atoms with Gasteiger partial charge in [-0.1, -0.05) is 42.8 Å². The monoisotopic (exact) mass is 402 g/mol. The number of aromatic amines is 1. The molecule has 140 valence electrons. The first kappa shape index (κ1) is 18.2. The number of carbonyl (C=O) groups excluding carboxylic acids is 1. The number of nitrogens with zero attached hydrogens (tertiary/aromatic N) is 1. The molecule has 1 atom stereocenters. The molecule has 1 aromatic heterocycles. The third-order valence-electron chi connectivity index (χ3n) is 5.19. The number of aromatic nitrogens is 2. The van der Waals surface area contributed by atoms with Gasteiger partial charge in [-0.05, 0) is 30.0 Å². The Morgan fingerprint density at radius 2 is 2.04 bits per heavy atom. The molecule has 2 aromatic carbocycles. The Balaban J connectivity index is 1.63. The highest BCUT2D eigenvalue weighted by atomic mass is 35.5. The third-order valence-corrected chi connectivity index (χ3v) is 7.48. The van der Waals surface area contributed by atoms with Crippen LogP contribution in [0.1, 0.15) is 30.1 Å². The zero-order valence-corrected chi connectivity index (χ0v) is 16.4. The van der Waals surface area contributed by atoms with Crippen molar-refractivity contribution in [3.63, 3.8) is 0 Å². The number of nitrogens with one attached hydrogen (secondary N) is 1. The smallest absolute Gasteiger partial charge is 0.163 e. The van der Waals surface area contributed by atoms with Gasteiger partial charge in [0.1, 0.15) is 5.69 Å². The van der Waals surface area contributed by atoms with Crippen LogP contribution >= 0.6 is 11.6 Å². The van der Waals surface area contributed by atoms with Gasteiger partial charge in [0.2, 0.25) is 0 Å². The molecule has 1 aliphatic rings. The number of benzene rings is 2. The van der Waals surface area contributed by atoms with Crippen LogP contribution in [0.3, 0.4) is 0 Å². The number of rotatable bonds is 4. The fraction of sp³-hybridized carbons (Fsp3) is 0.300. The van der Waals surface area contributed by atoms with E-state index < -0.39 is 15.3 Å². The number of hydrogen-bond acceptors (Lipinski definition) is 4. The minimum atomic E-state index is -3.03. The lowest BCUT2D eigenvalue weighted by atomic mass is 9.83. The summed E-state index contributed by atoms with van der Waals surface area (Å²) in [4.78, 5) is 12.7. The maximum atomic E-state index is 12.7. The largest absolute Gasteiger partial charge is 0.294 e. The average molecular weight is 403 g/mol. The van der Waals surface area contributed by atoms with E-state index in [1.165, 1.54) is 0 Å². The molecule has 1 saturated heterocycles. The highest BCUT2D eigenvalue weighted by molar-refractivity contribution is 7.91. The minimum absolute atomic E-state index is 0.0506. The summed E-state index contributed by atoms with van der Waals surface area (Å²) in [6.45, 7) is 1.87. The van der Waals surface area contributed by atoms with E-state index in [0.29, 0.717) is 17.0 Å². The van der Waals surface area contributed by atoms with Crippen molar-refractivity contribution < 1.29 is 13.2 Å². The average Bonchev–Trinajstić information content (AvgIpc) is 3.15. The van der Waals surface area contributed by atoms with Crippen LogP contribution in [0, 0.1) is 5.41 Å². The van der Waals surface area contributed by atoms with E-state index in [2.05, 4.69) is 10.2 Å². The Bertz CT molecular complexity index is 1150. The van der Waals surface area contributed by atoms with E-state index in [4.69, 9.17) is 11.6 Å². The van der Waals surface area contributed by atoms with Crippen molar-refractivity contribution in [2.24, 2.45) is 5.41 Å². The predicted molar refractivity (Wildman–Crippen MR) is 107 cm³/mol. The lowest BCUT2D eigenvalue weighted by Crippen LogP contribution is -2.22. The molecule has 1 N–H and O–H groups in total. The molecule has 0 amide bonds. The summed E-state index contributed by atoms with van der Waals surface area (Å²) in [7, 11) is -3.03. The number of halogens is 1. The van der Waals surface area contributed by atoms with Crippen LogP contribution in [0.4, 0.5) is 0 Å². The van der Waals surface area contributed by atoms with Crippen molar-refractivity contribution in [2.75, 3.05) is 11.5 Å². The predicted octanol–water partition coefficient (Wildman–Crippen LogP) is 4.28. The molecule has 0 bridgehead atoms. The van der Waals surface area contributed by atoms with Crippen LogP contribution in [0.5, 0.6) is 0 Å². The summed E-state index contributed by atoms with van der Waals surface area (Å²) in [6.07, 6.45) is 0.757. The zero-order chi connectivity index (χ0) is 19.2. The van der Waals surface area contributed by atoms with Crippen molar-refractivity contribution in [1.29, 1.82) is 0 Å². The van der Waals surface area contributed by atoms with Crippen molar-refractivity contribution in [2.45, 2.75) is 19.8 Å². The Morgan fingerprint density at radius 3 is 2.74 bits per heavy atom. The number of hydrogen-bond donors (Lipinski definition) is 1. The molecule has 1 unspecified atom stereocenters. The van der Waals surface area contributed by atoms with Gasteiger partial charge < -0.3 is 0 Å². The first-order chi connectivity index (χ1) is 12.8. The van der Waals surface area contributed by atoms with Gasteiger partial charge >= 0.3 is 0 Å². The maximum absolute atomic E-state index is 12.7. The van der Waals surface area contributed by atoms with E-state index in [-0.39, 0.29) is 23.7 Å². The van der Waals surface area contributed by atoms with Gasteiger partial charge in [0.25, 0.3) is 0 Å². The second-order valence-electron chi connectivity index (χ2n) is 7.57. The van der Waals surface area contributed by atoms with E-state index in [0.717, 1.165) is 22.2 Å². The number of ketones is 1.